The van der Waals surface area contributed by atoms with E-state index in [9.17, 15) is 9.59 Å². The van der Waals surface area contributed by atoms with Gasteiger partial charge in [-0.1, -0.05) is 36.4 Å². The van der Waals surface area contributed by atoms with Gasteiger partial charge in [-0.15, -0.1) is 0 Å². The van der Waals surface area contributed by atoms with Crippen molar-refractivity contribution in [1.82, 2.24) is 0 Å². The van der Waals surface area contributed by atoms with Crippen molar-refractivity contribution in [3.63, 3.8) is 0 Å². The third kappa shape index (κ3) is 5.97. The quantitative estimate of drug-likeness (QED) is 0.434. The van der Waals surface area contributed by atoms with Gasteiger partial charge in [0.05, 0.1) is 19.9 Å². The van der Waals surface area contributed by atoms with Crippen LogP contribution in [0.4, 0.5) is 11.4 Å². The normalized spacial score (nSPS) is 14.6. The molecule has 1 aliphatic heterocycles. The van der Waals surface area contributed by atoms with Crippen molar-refractivity contribution in [2.45, 2.75) is 38.7 Å². The van der Waals surface area contributed by atoms with Crippen LogP contribution in [0.15, 0.2) is 66.7 Å². The van der Waals surface area contributed by atoms with Crippen LogP contribution >= 0.6 is 0 Å². The maximum atomic E-state index is 12.9. The molecule has 0 fully saturated rings. The first-order valence-electron chi connectivity index (χ1n) is 12.1. The predicted molar refractivity (Wildman–Crippen MR) is 140 cm³/mol. The van der Waals surface area contributed by atoms with Gasteiger partial charge in [0.2, 0.25) is 5.91 Å². The number of carbonyl (C=O) groups excluding carboxylic acids is 2. The van der Waals surface area contributed by atoms with Gasteiger partial charge < -0.3 is 24.4 Å². The van der Waals surface area contributed by atoms with E-state index in [4.69, 9.17) is 14.2 Å². The molecule has 0 aromatic heterocycles. The molecule has 1 unspecified atom stereocenters. The summed E-state index contributed by atoms with van der Waals surface area (Å²) in [6, 6.07) is 21.3. The molecule has 3 aromatic rings. The molecule has 1 aliphatic rings. The van der Waals surface area contributed by atoms with Crippen molar-refractivity contribution >= 4 is 23.2 Å². The number of fused-ring (bicyclic) bond motifs is 1. The van der Waals surface area contributed by atoms with Gasteiger partial charge in [0.1, 0.15) is 5.75 Å². The molecule has 7 heteroatoms. The number of aryl methyl sites for hydroxylation is 2. The average molecular weight is 489 g/mol. The van der Waals surface area contributed by atoms with Crippen LogP contribution in [-0.2, 0) is 22.4 Å². The molecule has 0 saturated heterocycles. The van der Waals surface area contributed by atoms with Crippen molar-refractivity contribution < 1.29 is 23.8 Å². The molecule has 0 bridgehead atoms. The van der Waals surface area contributed by atoms with E-state index >= 15 is 0 Å². The van der Waals surface area contributed by atoms with Gasteiger partial charge >= 0.3 is 0 Å². The van der Waals surface area contributed by atoms with Gasteiger partial charge in [-0.05, 0) is 67.6 Å². The van der Waals surface area contributed by atoms with Crippen molar-refractivity contribution in [2.75, 3.05) is 31.0 Å². The highest BCUT2D eigenvalue weighted by Crippen LogP contribution is 2.36. The van der Waals surface area contributed by atoms with Crippen LogP contribution in [0.5, 0.6) is 17.2 Å². The number of amides is 2. The largest absolute Gasteiger partial charge is 0.493 e. The lowest BCUT2D eigenvalue weighted by atomic mass is 10.1. The Labute approximate surface area is 212 Å². The molecule has 2 amide bonds. The highest BCUT2D eigenvalue weighted by molar-refractivity contribution is 6.01. The molecule has 1 heterocycles. The van der Waals surface area contributed by atoms with E-state index in [1.807, 2.05) is 48.5 Å². The Morgan fingerprint density at radius 2 is 1.72 bits per heavy atom. The van der Waals surface area contributed by atoms with Crippen molar-refractivity contribution in [3.8, 4) is 17.2 Å². The minimum Gasteiger partial charge on any atom is -0.493 e. The number of nitrogens with one attached hydrogen (secondary N) is 1. The standard InChI is InChI=1S/C29H32N2O5/c1-20-29(33)31(17-7-10-21-8-5-4-6-9-21)24-19-23(13-15-25(24)36-20)30-28(32)16-12-22-11-14-26(34-2)27(18-22)35-3/h4-6,8-9,11,13-15,18-20H,7,10,12,16-17H2,1-3H3,(H,30,32). The van der Waals surface area contributed by atoms with Crippen LogP contribution in [0.25, 0.3) is 0 Å². The molecule has 0 radical (unpaired) electrons. The van der Waals surface area contributed by atoms with E-state index in [-0.39, 0.29) is 11.8 Å². The molecular weight excluding hydrogens is 456 g/mol. The molecule has 0 saturated carbocycles. The minimum absolute atomic E-state index is 0.0764. The number of rotatable bonds is 10. The van der Waals surface area contributed by atoms with Crippen LogP contribution in [0, 0.1) is 0 Å². The second-order valence-electron chi connectivity index (χ2n) is 8.76. The fraction of sp³-hybridized carbons (Fsp3) is 0.310. The van der Waals surface area contributed by atoms with E-state index in [1.165, 1.54) is 5.56 Å². The van der Waals surface area contributed by atoms with Gasteiger partial charge in [-0.25, -0.2) is 0 Å². The molecule has 0 aliphatic carbocycles. The zero-order valence-electron chi connectivity index (χ0n) is 21.0. The molecular formula is C29H32N2O5. The second-order valence-corrected chi connectivity index (χ2v) is 8.76. The molecule has 1 N–H and O–H groups in total. The Morgan fingerprint density at radius 1 is 0.944 bits per heavy atom. The maximum absolute atomic E-state index is 12.9. The predicted octanol–water partition coefficient (Wildman–Crippen LogP) is 5.02. The summed E-state index contributed by atoms with van der Waals surface area (Å²) >= 11 is 0. The number of ether oxygens (including phenoxy) is 3. The van der Waals surface area contributed by atoms with E-state index in [2.05, 4.69) is 17.4 Å². The number of methoxy groups -OCH3 is 2. The topological polar surface area (TPSA) is 77.1 Å². The molecule has 36 heavy (non-hydrogen) atoms. The first-order valence-corrected chi connectivity index (χ1v) is 12.1. The Hall–Kier alpha value is -4.00. The third-order valence-corrected chi connectivity index (χ3v) is 6.23. The van der Waals surface area contributed by atoms with Gasteiger partial charge in [0.15, 0.2) is 17.6 Å². The first kappa shape index (κ1) is 25.1. The summed E-state index contributed by atoms with van der Waals surface area (Å²) in [5.41, 5.74) is 3.53. The second kappa shape index (κ2) is 11.6. The summed E-state index contributed by atoms with van der Waals surface area (Å²) in [6.07, 6.45) is 2.02. The summed E-state index contributed by atoms with van der Waals surface area (Å²) < 4.78 is 16.4. The Morgan fingerprint density at radius 3 is 2.47 bits per heavy atom. The Kier molecular flexibility index (Phi) is 8.10. The SMILES string of the molecule is COc1ccc(CCC(=O)Nc2ccc3c(c2)N(CCCc2ccccc2)C(=O)C(C)O3)cc1OC. The van der Waals surface area contributed by atoms with Crippen LogP contribution in [0.1, 0.15) is 30.9 Å². The van der Waals surface area contributed by atoms with Gasteiger partial charge in [-0.2, -0.15) is 0 Å². The smallest absolute Gasteiger partial charge is 0.267 e. The summed E-state index contributed by atoms with van der Waals surface area (Å²) in [5, 5.41) is 2.95. The summed E-state index contributed by atoms with van der Waals surface area (Å²) in [5.74, 6) is 1.74. The van der Waals surface area contributed by atoms with Crippen LogP contribution < -0.4 is 24.4 Å². The van der Waals surface area contributed by atoms with Gasteiger partial charge in [-0.3, -0.25) is 9.59 Å². The van der Waals surface area contributed by atoms with E-state index in [0.717, 1.165) is 18.4 Å². The van der Waals surface area contributed by atoms with E-state index < -0.39 is 6.10 Å². The van der Waals surface area contributed by atoms with Gasteiger partial charge in [0, 0.05) is 18.7 Å². The molecule has 7 nitrogen and oxygen atoms in total. The van der Waals surface area contributed by atoms with Crippen LogP contribution in [0.3, 0.4) is 0 Å². The van der Waals surface area contributed by atoms with Crippen LogP contribution in [0.2, 0.25) is 0 Å². The number of carbonyl (C=O) groups is 2. The summed E-state index contributed by atoms with van der Waals surface area (Å²) in [6.45, 7) is 2.34. The first-order chi connectivity index (χ1) is 17.5. The van der Waals surface area contributed by atoms with Crippen molar-refractivity contribution in [1.29, 1.82) is 0 Å². The van der Waals surface area contributed by atoms with Crippen molar-refractivity contribution in [3.05, 3.63) is 77.9 Å². The summed E-state index contributed by atoms with van der Waals surface area (Å²) in [7, 11) is 3.18. The van der Waals surface area contributed by atoms with E-state index in [1.54, 1.807) is 32.1 Å². The molecule has 4 rings (SSSR count). The van der Waals surface area contributed by atoms with Gasteiger partial charge in [0.25, 0.3) is 5.91 Å². The number of anilines is 2. The Balaban J connectivity index is 1.40. The molecule has 0 spiro atoms. The van der Waals surface area contributed by atoms with E-state index in [0.29, 0.717) is 48.0 Å². The minimum atomic E-state index is -0.545. The average Bonchev–Trinajstić information content (AvgIpc) is 2.90. The maximum Gasteiger partial charge on any atom is 0.267 e. The fourth-order valence-electron chi connectivity index (χ4n) is 4.32. The summed E-state index contributed by atoms with van der Waals surface area (Å²) in [4.78, 5) is 27.4. The zero-order valence-corrected chi connectivity index (χ0v) is 21.0. The Bertz CT molecular complexity index is 1210. The monoisotopic (exact) mass is 488 g/mol. The molecule has 3 aromatic carbocycles. The van der Waals surface area contributed by atoms with Crippen molar-refractivity contribution in [2.24, 2.45) is 0 Å². The zero-order chi connectivity index (χ0) is 25.5. The highest BCUT2D eigenvalue weighted by atomic mass is 16.5. The number of hydrogen-bond acceptors (Lipinski definition) is 5. The van der Waals surface area contributed by atoms with Crippen LogP contribution in [-0.4, -0.2) is 38.7 Å². The number of hydrogen-bond donors (Lipinski definition) is 1. The third-order valence-electron chi connectivity index (χ3n) is 6.23. The lowest BCUT2D eigenvalue weighted by Gasteiger charge is -2.33. The highest BCUT2D eigenvalue weighted by Gasteiger charge is 2.31. The number of nitrogens with zero attached hydrogens (tertiary/aromatic N) is 1. The molecule has 188 valence electrons. The lowest BCUT2D eigenvalue weighted by Crippen LogP contribution is -2.45. The number of benzene rings is 3. The molecule has 1 atom stereocenters. The fourth-order valence-corrected chi connectivity index (χ4v) is 4.32. The lowest BCUT2D eigenvalue weighted by molar-refractivity contribution is -0.125.